The van der Waals surface area contributed by atoms with Gasteiger partial charge in [-0.15, -0.1) is 0 Å². The third-order valence-corrected chi connectivity index (χ3v) is 3.95. The Bertz CT molecular complexity index is 675. The molecule has 2 aromatic rings. The van der Waals surface area contributed by atoms with E-state index in [9.17, 15) is 9.18 Å². The lowest BCUT2D eigenvalue weighted by Gasteiger charge is -2.26. The highest BCUT2D eigenvalue weighted by molar-refractivity contribution is 9.10. The van der Waals surface area contributed by atoms with Crippen molar-refractivity contribution in [3.63, 3.8) is 0 Å². The third-order valence-electron chi connectivity index (χ3n) is 3.46. The molecule has 1 unspecified atom stereocenters. The van der Waals surface area contributed by atoms with Gasteiger partial charge in [-0.1, -0.05) is 28.1 Å². The first-order valence-electron chi connectivity index (χ1n) is 6.48. The molecule has 0 aliphatic heterocycles. The van der Waals surface area contributed by atoms with Gasteiger partial charge in [0.1, 0.15) is 5.82 Å². The van der Waals surface area contributed by atoms with Gasteiger partial charge < -0.3 is 10.6 Å². The van der Waals surface area contributed by atoms with E-state index < -0.39 is 5.82 Å². The minimum absolute atomic E-state index is 0.0523. The van der Waals surface area contributed by atoms with E-state index in [4.69, 9.17) is 5.73 Å². The Labute approximate surface area is 131 Å². The number of halogens is 2. The smallest absolute Gasteiger partial charge is 0.257 e. The fourth-order valence-corrected chi connectivity index (χ4v) is 2.40. The van der Waals surface area contributed by atoms with E-state index in [1.165, 1.54) is 17.0 Å². The van der Waals surface area contributed by atoms with Gasteiger partial charge >= 0.3 is 0 Å². The molecule has 0 spiro atoms. The van der Waals surface area contributed by atoms with Gasteiger partial charge in [-0.25, -0.2) is 4.39 Å². The molecule has 0 saturated carbocycles. The lowest BCUT2D eigenvalue weighted by molar-refractivity contribution is 0.0738. The monoisotopic (exact) mass is 350 g/mol. The first-order chi connectivity index (χ1) is 9.90. The second-order valence-electron chi connectivity index (χ2n) is 4.89. The summed E-state index contributed by atoms with van der Waals surface area (Å²) in [7, 11) is 1.65. The number of nitrogens with zero attached hydrogens (tertiary/aromatic N) is 1. The molecular weight excluding hydrogens is 335 g/mol. The lowest BCUT2D eigenvalue weighted by Crippen LogP contribution is -2.30. The number of amides is 1. The molecule has 0 bridgehead atoms. The van der Waals surface area contributed by atoms with Crippen LogP contribution in [0.2, 0.25) is 0 Å². The topological polar surface area (TPSA) is 46.3 Å². The van der Waals surface area contributed by atoms with Gasteiger partial charge in [-0.05, 0) is 42.8 Å². The van der Waals surface area contributed by atoms with E-state index >= 15 is 0 Å². The second-order valence-corrected chi connectivity index (χ2v) is 5.80. The van der Waals surface area contributed by atoms with Crippen molar-refractivity contribution in [1.82, 2.24) is 4.90 Å². The zero-order valence-electron chi connectivity index (χ0n) is 11.8. The van der Waals surface area contributed by atoms with E-state index in [1.54, 1.807) is 19.2 Å². The van der Waals surface area contributed by atoms with E-state index in [2.05, 4.69) is 15.9 Å². The molecule has 1 atom stereocenters. The average molecular weight is 351 g/mol. The van der Waals surface area contributed by atoms with E-state index in [0.717, 1.165) is 5.56 Å². The van der Waals surface area contributed by atoms with Crippen molar-refractivity contribution in [2.75, 3.05) is 12.8 Å². The molecule has 0 aliphatic carbocycles. The minimum atomic E-state index is -0.541. The molecule has 3 nitrogen and oxygen atoms in total. The highest BCUT2D eigenvalue weighted by Gasteiger charge is 2.21. The van der Waals surface area contributed by atoms with Crippen LogP contribution in [0.15, 0.2) is 46.9 Å². The summed E-state index contributed by atoms with van der Waals surface area (Å²) in [6, 6.07) is 11.5. The molecule has 21 heavy (non-hydrogen) atoms. The Morgan fingerprint density at radius 3 is 2.62 bits per heavy atom. The predicted octanol–water partition coefficient (Wildman–Crippen LogP) is 4.00. The van der Waals surface area contributed by atoms with Crippen LogP contribution in [-0.4, -0.2) is 17.9 Å². The maximum absolute atomic E-state index is 13.9. The number of carbonyl (C=O) groups is 1. The summed E-state index contributed by atoms with van der Waals surface area (Å²) < 4.78 is 14.5. The van der Waals surface area contributed by atoms with E-state index in [0.29, 0.717) is 10.2 Å². The molecule has 0 aliphatic rings. The van der Waals surface area contributed by atoms with Crippen LogP contribution in [0.5, 0.6) is 0 Å². The van der Waals surface area contributed by atoms with Crippen molar-refractivity contribution < 1.29 is 9.18 Å². The molecule has 0 fully saturated rings. The number of anilines is 1. The number of rotatable bonds is 3. The Balaban J connectivity index is 2.26. The van der Waals surface area contributed by atoms with Gasteiger partial charge in [0.15, 0.2) is 0 Å². The molecule has 110 valence electrons. The number of hydrogen-bond acceptors (Lipinski definition) is 2. The van der Waals surface area contributed by atoms with Crippen LogP contribution in [0.25, 0.3) is 0 Å². The standard InChI is InChI=1S/C16H16BrFN2O/c1-10(11-4-3-5-13(19)8-11)20(2)16(21)14-7-6-12(17)9-15(14)18/h3-10H,19H2,1-2H3. The molecular formula is C16H16BrFN2O. The van der Waals surface area contributed by atoms with E-state index in [1.807, 2.05) is 25.1 Å². The molecule has 0 radical (unpaired) electrons. The maximum atomic E-state index is 13.9. The van der Waals surface area contributed by atoms with Gasteiger partial charge in [0, 0.05) is 17.2 Å². The summed E-state index contributed by atoms with van der Waals surface area (Å²) in [6.07, 6.45) is 0. The fourth-order valence-electron chi connectivity index (χ4n) is 2.07. The van der Waals surface area contributed by atoms with Crippen LogP contribution in [0, 0.1) is 5.82 Å². The summed E-state index contributed by atoms with van der Waals surface area (Å²) in [6.45, 7) is 1.88. The molecule has 2 N–H and O–H groups in total. The first kappa shape index (κ1) is 15.5. The van der Waals surface area contributed by atoms with E-state index in [-0.39, 0.29) is 17.5 Å². The van der Waals surface area contributed by atoms with Gasteiger partial charge in [-0.2, -0.15) is 0 Å². The lowest BCUT2D eigenvalue weighted by atomic mass is 10.1. The van der Waals surface area contributed by atoms with Crippen molar-refractivity contribution in [2.45, 2.75) is 13.0 Å². The van der Waals surface area contributed by atoms with Crippen LogP contribution in [0.3, 0.4) is 0 Å². The normalized spacial score (nSPS) is 12.0. The minimum Gasteiger partial charge on any atom is -0.399 e. The number of benzene rings is 2. The molecule has 0 saturated heterocycles. The zero-order valence-corrected chi connectivity index (χ0v) is 13.4. The molecule has 0 aromatic heterocycles. The molecule has 2 aromatic carbocycles. The Kier molecular flexibility index (Phi) is 4.63. The van der Waals surface area contributed by atoms with Gasteiger partial charge in [0.25, 0.3) is 5.91 Å². The van der Waals surface area contributed by atoms with Crippen LogP contribution < -0.4 is 5.73 Å². The van der Waals surface area contributed by atoms with Crippen LogP contribution in [0.4, 0.5) is 10.1 Å². The largest absolute Gasteiger partial charge is 0.399 e. The second kappa shape index (κ2) is 6.26. The van der Waals surface area contributed by atoms with Crippen molar-refractivity contribution in [3.05, 3.63) is 63.9 Å². The highest BCUT2D eigenvalue weighted by Crippen LogP contribution is 2.24. The maximum Gasteiger partial charge on any atom is 0.257 e. The van der Waals surface area contributed by atoms with Crippen molar-refractivity contribution in [1.29, 1.82) is 0 Å². The van der Waals surface area contributed by atoms with Crippen LogP contribution in [0.1, 0.15) is 28.9 Å². The summed E-state index contributed by atoms with van der Waals surface area (Å²) >= 11 is 3.18. The molecule has 5 heteroatoms. The molecule has 1 amide bonds. The predicted molar refractivity (Wildman–Crippen MR) is 85.5 cm³/mol. The Morgan fingerprint density at radius 2 is 2.00 bits per heavy atom. The highest BCUT2D eigenvalue weighted by atomic mass is 79.9. The third kappa shape index (κ3) is 3.42. The summed E-state index contributed by atoms with van der Waals surface area (Å²) in [5, 5.41) is 0. The van der Waals surface area contributed by atoms with Crippen LogP contribution >= 0.6 is 15.9 Å². The number of nitrogen functional groups attached to an aromatic ring is 1. The first-order valence-corrected chi connectivity index (χ1v) is 7.27. The molecule has 0 heterocycles. The number of carbonyl (C=O) groups excluding carboxylic acids is 1. The average Bonchev–Trinajstić information content (AvgIpc) is 2.45. The van der Waals surface area contributed by atoms with Crippen molar-refractivity contribution in [3.8, 4) is 0 Å². The van der Waals surface area contributed by atoms with Gasteiger partial charge in [0.05, 0.1) is 11.6 Å². The zero-order chi connectivity index (χ0) is 15.6. The van der Waals surface area contributed by atoms with Crippen molar-refractivity contribution in [2.24, 2.45) is 0 Å². The summed E-state index contributed by atoms with van der Waals surface area (Å²) in [5.41, 5.74) is 7.35. The fraction of sp³-hybridized carbons (Fsp3) is 0.188. The SMILES string of the molecule is CC(c1cccc(N)c1)N(C)C(=O)c1ccc(Br)cc1F. The van der Waals surface area contributed by atoms with Crippen LogP contribution in [-0.2, 0) is 0 Å². The summed E-state index contributed by atoms with van der Waals surface area (Å²) in [5.74, 6) is -0.907. The van der Waals surface area contributed by atoms with Gasteiger partial charge in [0.2, 0.25) is 0 Å². The molecule has 2 rings (SSSR count). The number of hydrogen-bond donors (Lipinski definition) is 1. The Morgan fingerprint density at radius 1 is 1.29 bits per heavy atom. The van der Waals surface area contributed by atoms with Crippen molar-refractivity contribution >= 4 is 27.5 Å². The Hall–Kier alpha value is -1.88. The quantitative estimate of drug-likeness (QED) is 0.850. The van der Waals surface area contributed by atoms with Gasteiger partial charge in [-0.3, -0.25) is 4.79 Å². The number of nitrogens with two attached hydrogens (primary N) is 1. The summed E-state index contributed by atoms with van der Waals surface area (Å²) in [4.78, 5) is 13.9.